The molecule has 0 spiro atoms. The molecule has 0 aromatic carbocycles. The Morgan fingerprint density at radius 1 is 1.58 bits per heavy atom. The molecule has 0 bridgehead atoms. The van der Waals surface area contributed by atoms with Gasteiger partial charge in [-0.2, -0.15) is 0 Å². The van der Waals surface area contributed by atoms with Crippen LogP contribution in [0.1, 0.15) is 20.8 Å². The summed E-state index contributed by atoms with van der Waals surface area (Å²) in [4.78, 5) is 11.0. The molecule has 0 aliphatic carbocycles. The van der Waals surface area contributed by atoms with Crippen molar-refractivity contribution < 1.29 is 14.6 Å². The molecule has 0 saturated heterocycles. The first kappa shape index (κ1) is 11.4. The Balaban J connectivity index is 3.56. The minimum Gasteiger partial charge on any atom is -0.465 e. The van der Waals surface area contributed by atoms with Gasteiger partial charge in [-0.3, -0.25) is 4.79 Å². The maximum Gasteiger partial charge on any atom is 0.322 e. The highest BCUT2D eigenvalue weighted by Crippen LogP contribution is 1.88. The number of aliphatic hydroxyl groups is 1. The summed E-state index contributed by atoms with van der Waals surface area (Å²) in [6, 6.07) is -0.348. The highest BCUT2D eigenvalue weighted by molar-refractivity contribution is 5.75. The lowest BCUT2D eigenvalue weighted by atomic mass is 10.3. The van der Waals surface area contributed by atoms with Crippen molar-refractivity contribution in [3.8, 4) is 0 Å². The fraction of sp³-hybridized carbons (Fsp3) is 0.875. The van der Waals surface area contributed by atoms with Gasteiger partial charge < -0.3 is 15.2 Å². The van der Waals surface area contributed by atoms with Crippen molar-refractivity contribution >= 4 is 5.97 Å². The third-order valence-corrected chi connectivity index (χ3v) is 1.36. The number of esters is 1. The Morgan fingerprint density at radius 2 is 2.17 bits per heavy atom. The summed E-state index contributed by atoms with van der Waals surface area (Å²) in [6.45, 7) is 5.92. The van der Waals surface area contributed by atoms with Crippen LogP contribution in [0.3, 0.4) is 0 Å². The van der Waals surface area contributed by atoms with Crippen LogP contribution in [0.25, 0.3) is 0 Å². The Kier molecular flexibility index (Phi) is 5.66. The highest BCUT2D eigenvalue weighted by atomic mass is 16.5. The van der Waals surface area contributed by atoms with Crippen LogP contribution < -0.4 is 5.32 Å². The normalized spacial score (nSPS) is 15.3. The van der Waals surface area contributed by atoms with Crippen LogP contribution in [-0.4, -0.2) is 36.4 Å². The summed E-state index contributed by atoms with van der Waals surface area (Å²) in [5, 5.41) is 11.7. The topological polar surface area (TPSA) is 58.6 Å². The van der Waals surface area contributed by atoms with Gasteiger partial charge >= 0.3 is 5.97 Å². The van der Waals surface area contributed by atoms with E-state index in [0.29, 0.717) is 13.2 Å². The van der Waals surface area contributed by atoms with E-state index in [1.165, 1.54) is 0 Å². The summed E-state index contributed by atoms with van der Waals surface area (Å²) >= 11 is 0. The maximum absolute atomic E-state index is 11.0. The van der Waals surface area contributed by atoms with Crippen molar-refractivity contribution in [1.82, 2.24) is 5.32 Å². The third-order valence-electron chi connectivity index (χ3n) is 1.36. The van der Waals surface area contributed by atoms with Crippen molar-refractivity contribution in [1.29, 1.82) is 0 Å². The van der Waals surface area contributed by atoms with E-state index in [-0.39, 0.29) is 12.0 Å². The van der Waals surface area contributed by atoms with E-state index in [1.807, 2.05) is 0 Å². The molecule has 0 aliphatic heterocycles. The second kappa shape index (κ2) is 5.97. The molecule has 0 radical (unpaired) electrons. The molecule has 12 heavy (non-hydrogen) atoms. The van der Waals surface area contributed by atoms with E-state index in [1.54, 1.807) is 20.8 Å². The van der Waals surface area contributed by atoms with Crippen LogP contribution in [0.5, 0.6) is 0 Å². The van der Waals surface area contributed by atoms with Crippen molar-refractivity contribution in [2.45, 2.75) is 32.9 Å². The number of hydrogen-bond donors (Lipinski definition) is 2. The van der Waals surface area contributed by atoms with Gasteiger partial charge in [0.2, 0.25) is 0 Å². The number of carbonyl (C=O) groups excluding carboxylic acids is 1. The Bertz CT molecular complexity index is 136. The van der Waals surface area contributed by atoms with Crippen LogP contribution in [0, 0.1) is 0 Å². The Morgan fingerprint density at radius 3 is 2.58 bits per heavy atom. The van der Waals surface area contributed by atoms with Crippen LogP contribution in [-0.2, 0) is 9.53 Å². The summed E-state index contributed by atoms with van der Waals surface area (Å²) in [7, 11) is 0. The van der Waals surface area contributed by atoms with E-state index in [9.17, 15) is 4.79 Å². The summed E-state index contributed by atoms with van der Waals surface area (Å²) in [5.41, 5.74) is 0. The molecule has 4 heteroatoms. The first-order chi connectivity index (χ1) is 5.57. The van der Waals surface area contributed by atoms with Gasteiger partial charge in [-0.15, -0.1) is 0 Å². The van der Waals surface area contributed by atoms with Crippen LogP contribution in [0.2, 0.25) is 0 Å². The molecule has 0 fully saturated rings. The minimum atomic E-state index is -0.443. The number of rotatable bonds is 5. The van der Waals surface area contributed by atoms with Crippen LogP contribution in [0.4, 0.5) is 0 Å². The lowest BCUT2D eigenvalue weighted by Gasteiger charge is -2.13. The fourth-order valence-corrected chi connectivity index (χ4v) is 0.698. The van der Waals surface area contributed by atoms with E-state index in [4.69, 9.17) is 9.84 Å². The molecule has 0 rings (SSSR count). The largest absolute Gasteiger partial charge is 0.465 e. The molecule has 0 heterocycles. The highest BCUT2D eigenvalue weighted by Gasteiger charge is 2.12. The first-order valence-electron chi connectivity index (χ1n) is 4.16. The Labute approximate surface area is 72.9 Å². The zero-order valence-corrected chi connectivity index (χ0v) is 7.83. The molecule has 0 saturated carbocycles. The molecule has 0 amide bonds. The molecule has 2 N–H and O–H groups in total. The lowest BCUT2D eigenvalue weighted by molar-refractivity contribution is -0.145. The third kappa shape index (κ3) is 5.09. The van der Waals surface area contributed by atoms with Crippen molar-refractivity contribution in [2.24, 2.45) is 0 Å². The van der Waals surface area contributed by atoms with E-state index in [2.05, 4.69) is 5.32 Å². The van der Waals surface area contributed by atoms with E-state index < -0.39 is 6.10 Å². The second-order valence-electron chi connectivity index (χ2n) is 2.73. The van der Waals surface area contributed by atoms with Gasteiger partial charge in [0.25, 0.3) is 0 Å². The molecule has 4 nitrogen and oxygen atoms in total. The van der Waals surface area contributed by atoms with Gasteiger partial charge in [0, 0.05) is 6.54 Å². The zero-order chi connectivity index (χ0) is 9.56. The fourth-order valence-electron chi connectivity index (χ4n) is 0.698. The number of nitrogens with one attached hydrogen (secondary N) is 1. The lowest BCUT2D eigenvalue weighted by Crippen LogP contribution is -2.39. The number of aliphatic hydroxyl groups excluding tert-OH is 1. The molecule has 0 aromatic heterocycles. The summed E-state index contributed by atoms with van der Waals surface area (Å²) in [6.07, 6.45) is -0.443. The van der Waals surface area contributed by atoms with Crippen LogP contribution >= 0.6 is 0 Å². The second-order valence-corrected chi connectivity index (χ2v) is 2.73. The van der Waals surface area contributed by atoms with Gasteiger partial charge in [-0.25, -0.2) is 0 Å². The molecule has 2 atom stereocenters. The molecule has 1 unspecified atom stereocenters. The smallest absolute Gasteiger partial charge is 0.322 e. The molecule has 72 valence electrons. The predicted octanol–water partition coefficient (Wildman–Crippen LogP) is -0.0916. The van der Waals surface area contributed by atoms with Crippen molar-refractivity contribution in [3.63, 3.8) is 0 Å². The SMILES string of the molecule is CCOC(=O)C(C)NC[C@@H](C)O. The van der Waals surface area contributed by atoms with Gasteiger partial charge in [0.15, 0.2) is 0 Å². The number of ether oxygens (including phenoxy) is 1. The van der Waals surface area contributed by atoms with E-state index in [0.717, 1.165) is 0 Å². The molecule has 0 aromatic rings. The monoisotopic (exact) mass is 175 g/mol. The predicted molar refractivity (Wildman–Crippen MR) is 45.8 cm³/mol. The molecule has 0 aliphatic rings. The number of hydrogen-bond acceptors (Lipinski definition) is 4. The van der Waals surface area contributed by atoms with Gasteiger partial charge in [-0.05, 0) is 20.8 Å². The van der Waals surface area contributed by atoms with Crippen molar-refractivity contribution in [2.75, 3.05) is 13.2 Å². The number of carbonyl (C=O) groups is 1. The van der Waals surface area contributed by atoms with Crippen molar-refractivity contribution in [3.05, 3.63) is 0 Å². The van der Waals surface area contributed by atoms with Crippen LogP contribution in [0.15, 0.2) is 0 Å². The quantitative estimate of drug-likeness (QED) is 0.573. The molecular formula is C8H17NO3. The van der Waals surface area contributed by atoms with Gasteiger partial charge in [0.1, 0.15) is 6.04 Å². The standard InChI is InChI=1S/C8H17NO3/c1-4-12-8(11)7(3)9-5-6(2)10/h6-7,9-10H,4-5H2,1-3H3/t6-,7?/m1/s1. The average Bonchev–Trinajstić information content (AvgIpc) is 2.00. The van der Waals surface area contributed by atoms with Gasteiger partial charge in [0.05, 0.1) is 12.7 Å². The minimum absolute atomic E-state index is 0.279. The summed E-state index contributed by atoms with van der Waals surface area (Å²) < 4.78 is 4.75. The first-order valence-corrected chi connectivity index (χ1v) is 4.16. The zero-order valence-electron chi connectivity index (χ0n) is 7.83. The Hall–Kier alpha value is -0.610. The van der Waals surface area contributed by atoms with E-state index >= 15 is 0 Å². The summed E-state index contributed by atoms with van der Waals surface area (Å²) in [5.74, 6) is -0.279. The molecular weight excluding hydrogens is 158 g/mol. The average molecular weight is 175 g/mol. The maximum atomic E-state index is 11.0. The van der Waals surface area contributed by atoms with Gasteiger partial charge in [-0.1, -0.05) is 0 Å².